The number of carbonyl (C=O) groups excluding carboxylic acids is 1. The zero-order valence-electron chi connectivity index (χ0n) is 24.0. The second kappa shape index (κ2) is 12.1. The van der Waals surface area contributed by atoms with E-state index in [4.69, 9.17) is 32.9 Å². The van der Waals surface area contributed by atoms with Gasteiger partial charge in [-0.1, -0.05) is 24.2 Å². The molecule has 216 valence electrons. The Kier molecular flexibility index (Phi) is 8.29. The van der Waals surface area contributed by atoms with E-state index in [1.807, 2.05) is 42.7 Å². The van der Waals surface area contributed by atoms with Crippen LogP contribution in [0.15, 0.2) is 49.2 Å². The van der Waals surface area contributed by atoms with E-state index < -0.39 is 0 Å². The Hall–Kier alpha value is -4.66. The van der Waals surface area contributed by atoms with E-state index in [9.17, 15) is 4.79 Å². The molecule has 0 bridgehead atoms. The third-order valence-electron chi connectivity index (χ3n) is 6.97. The monoisotopic (exact) mass is 585 g/mol. The first kappa shape index (κ1) is 28.9. The highest BCUT2D eigenvalue weighted by atomic mass is 35.5. The Balaban J connectivity index is 1.56. The summed E-state index contributed by atoms with van der Waals surface area (Å²) in [5.41, 5.74) is 3.96. The van der Waals surface area contributed by atoms with Crippen LogP contribution < -0.4 is 20.3 Å². The van der Waals surface area contributed by atoms with E-state index in [0.717, 1.165) is 43.0 Å². The van der Waals surface area contributed by atoms with Crippen molar-refractivity contribution in [1.29, 1.82) is 0 Å². The topological polar surface area (TPSA) is 105 Å². The molecule has 1 aliphatic rings. The summed E-state index contributed by atoms with van der Waals surface area (Å²) < 4.78 is 7.68. The van der Waals surface area contributed by atoms with Gasteiger partial charge in [-0.15, -0.1) is 0 Å². The number of imidazole rings is 1. The largest absolute Gasteiger partial charge is 0.494 e. The predicted octanol–water partition coefficient (Wildman–Crippen LogP) is 5.77. The zero-order valence-corrected chi connectivity index (χ0v) is 24.7. The minimum Gasteiger partial charge on any atom is -0.494 e. The third-order valence-corrected chi connectivity index (χ3v) is 7.24. The van der Waals surface area contributed by atoms with Crippen LogP contribution >= 0.6 is 11.6 Å². The fraction of sp³-hybridized carbons (Fsp3) is 0.300. The maximum atomic E-state index is 12.3. The summed E-state index contributed by atoms with van der Waals surface area (Å²) in [6.07, 6.45) is 4.82. The number of ether oxygens (including phenoxy) is 1. The molecule has 2 aromatic carbocycles. The van der Waals surface area contributed by atoms with Crippen LogP contribution in [0.4, 0.5) is 28.7 Å². The van der Waals surface area contributed by atoms with Crippen LogP contribution in [-0.4, -0.2) is 71.7 Å². The summed E-state index contributed by atoms with van der Waals surface area (Å²) in [7, 11) is 7.55. The number of nitrogens with zero attached hydrogens (tertiary/aromatic N) is 7. The third kappa shape index (κ3) is 6.00. The van der Waals surface area contributed by atoms with E-state index in [1.54, 1.807) is 31.5 Å². The normalized spacial score (nSPS) is 12.7. The predicted molar refractivity (Wildman–Crippen MR) is 167 cm³/mol. The highest BCUT2D eigenvalue weighted by molar-refractivity contribution is 6.32. The smallest absolute Gasteiger partial charge is 0.247 e. The molecule has 11 nitrogen and oxygen atoms in total. The average molecular weight is 586 g/mol. The zero-order chi connectivity index (χ0) is 30.0. The van der Waals surface area contributed by atoms with Gasteiger partial charge < -0.3 is 25.2 Å². The fourth-order valence-corrected chi connectivity index (χ4v) is 4.77. The Bertz CT molecular complexity index is 1710. The number of rotatable bonds is 11. The minimum absolute atomic E-state index is 0.281. The highest BCUT2D eigenvalue weighted by Crippen LogP contribution is 2.43. The van der Waals surface area contributed by atoms with Crippen molar-refractivity contribution in [2.45, 2.75) is 18.8 Å². The number of halogens is 1. The van der Waals surface area contributed by atoms with Crippen LogP contribution in [0.3, 0.4) is 0 Å². The Morgan fingerprint density at radius 3 is 2.67 bits per heavy atom. The maximum absolute atomic E-state index is 12.3. The second-order valence-electron chi connectivity index (χ2n) is 10.3. The summed E-state index contributed by atoms with van der Waals surface area (Å²) >= 11 is 6.67. The molecule has 4 aromatic rings. The van der Waals surface area contributed by atoms with E-state index in [0.29, 0.717) is 45.1 Å². The quantitative estimate of drug-likeness (QED) is 0.169. The van der Waals surface area contributed by atoms with Crippen LogP contribution in [0.5, 0.6) is 5.75 Å². The van der Waals surface area contributed by atoms with Crippen LogP contribution in [0.1, 0.15) is 24.6 Å². The lowest BCUT2D eigenvalue weighted by atomic mass is 10.2. The van der Waals surface area contributed by atoms with Crippen molar-refractivity contribution in [3.63, 3.8) is 0 Å². The van der Waals surface area contributed by atoms with Crippen molar-refractivity contribution in [2.75, 3.05) is 56.9 Å². The molecule has 1 amide bonds. The summed E-state index contributed by atoms with van der Waals surface area (Å²) in [6.45, 7) is 12.5. The highest BCUT2D eigenvalue weighted by Gasteiger charge is 2.31. The van der Waals surface area contributed by atoms with Crippen LogP contribution in [-0.2, 0) is 4.79 Å². The molecule has 42 heavy (non-hydrogen) atoms. The average Bonchev–Trinajstić information content (AvgIpc) is 3.76. The molecule has 1 aliphatic carbocycles. The molecular formula is C30H32ClN9O2. The van der Waals surface area contributed by atoms with E-state index >= 15 is 0 Å². The molecule has 2 N–H and O–H groups in total. The molecule has 1 fully saturated rings. The molecule has 0 atom stereocenters. The molecule has 0 radical (unpaired) electrons. The van der Waals surface area contributed by atoms with Gasteiger partial charge in [0.1, 0.15) is 16.6 Å². The number of hydrogen-bond acceptors (Lipinski definition) is 8. The molecular weight excluding hydrogens is 554 g/mol. The van der Waals surface area contributed by atoms with Gasteiger partial charge in [0.05, 0.1) is 48.0 Å². The first-order chi connectivity index (χ1) is 20.2. The van der Waals surface area contributed by atoms with Crippen molar-refractivity contribution >= 4 is 57.2 Å². The summed E-state index contributed by atoms with van der Waals surface area (Å²) in [6, 6.07) is 9.06. The number of likely N-dealkylation sites (N-methyl/N-ethyl adjacent to an activating group) is 2. The van der Waals surface area contributed by atoms with Gasteiger partial charge in [-0.2, -0.15) is 4.98 Å². The molecule has 0 aliphatic heterocycles. The van der Waals surface area contributed by atoms with Gasteiger partial charge in [0.15, 0.2) is 11.5 Å². The number of hydrogen-bond donors (Lipinski definition) is 2. The lowest BCUT2D eigenvalue weighted by molar-refractivity contribution is -0.111. The molecule has 0 unspecified atom stereocenters. The van der Waals surface area contributed by atoms with E-state index in [-0.39, 0.29) is 11.9 Å². The fourth-order valence-electron chi connectivity index (χ4n) is 4.60. The number of nitrogens with one attached hydrogen (secondary N) is 2. The molecule has 0 saturated heterocycles. The van der Waals surface area contributed by atoms with Gasteiger partial charge in [-0.3, -0.25) is 9.36 Å². The number of benzene rings is 2. The van der Waals surface area contributed by atoms with Gasteiger partial charge in [0, 0.05) is 32.1 Å². The number of aromatic nitrogens is 4. The summed E-state index contributed by atoms with van der Waals surface area (Å²) in [5, 5.41) is 6.51. The van der Waals surface area contributed by atoms with Gasteiger partial charge in [-0.25, -0.2) is 14.8 Å². The number of anilines is 4. The van der Waals surface area contributed by atoms with E-state index in [2.05, 4.69) is 31.9 Å². The van der Waals surface area contributed by atoms with Gasteiger partial charge in [0.25, 0.3) is 0 Å². The summed E-state index contributed by atoms with van der Waals surface area (Å²) in [4.78, 5) is 34.1. The van der Waals surface area contributed by atoms with Crippen LogP contribution in [0.25, 0.3) is 21.7 Å². The molecule has 1 saturated carbocycles. The van der Waals surface area contributed by atoms with Crippen molar-refractivity contribution in [2.24, 2.45) is 0 Å². The lowest BCUT2D eigenvalue weighted by Crippen LogP contribution is -2.29. The first-order valence-electron chi connectivity index (χ1n) is 13.4. The maximum Gasteiger partial charge on any atom is 0.247 e. The molecule has 5 rings (SSSR count). The summed E-state index contributed by atoms with van der Waals surface area (Å²) in [5.74, 6) is 2.12. The van der Waals surface area contributed by atoms with Crippen molar-refractivity contribution in [1.82, 2.24) is 24.4 Å². The van der Waals surface area contributed by atoms with Crippen molar-refractivity contribution in [3.05, 3.63) is 71.4 Å². The second-order valence-corrected chi connectivity index (χ2v) is 10.7. The Morgan fingerprint density at radius 1 is 1.21 bits per heavy atom. The number of methoxy groups -OCH3 is 1. The minimum atomic E-state index is -0.334. The first-order valence-corrected chi connectivity index (χ1v) is 13.8. The van der Waals surface area contributed by atoms with Gasteiger partial charge in [-0.05, 0) is 51.2 Å². The molecule has 2 aromatic heterocycles. The van der Waals surface area contributed by atoms with Gasteiger partial charge >= 0.3 is 0 Å². The number of fused-ring (bicyclic) bond motifs is 1. The lowest BCUT2D eigenvalue weighted by Gasteiger charge is -2.26. The van der Waals surface area contributed by atoms with Crippen LogP contribution in [0, 0.1) is 6.57 Å². The van der Waals surface area contributed by atoms with Crippen molar-refractivity contribution < 1.29 is 9.53 Å². The Labute approximate surface area is 249 Å². The Morgan fingerprint density at radius 2 is 2.00 bits per heavy atom. The number of carbonyl (C=O) groups is 1. The van der Waals surface area contributed by atoms with E-state index in [1.165, 1.54) is 6.08 Å². The number of amides is 1. The van der Waals surface area contributed by atoms with Crippen LogP contribution in [0.2, 0.25) is 5.02 Å². The van der Waals surface area contributed by atoms with Crippen molar-refractivity contribution in [3.8, 4) is 11.6 Å². The molecule has 2 heterocycles. The molecule has 12 heteroatoms. The SMILES string of the molecule is [C-]#[N+]c1ccc2c(c1)nc(C1CC1)n2-c1nc(Nc2cc(NC(=O)C=C)c(N(C)CCN(C)C)cc2OC)ncc1Cl. The standard InChI is InChI=1S/C30H32ClN9O2/c1-7-27(41)34-22-15-23(26(42-6)16-25(22)39(5)13-12-38(3)4)36-30-33-17-20(31)29(37-30)40-24-11-10-19(32-2)14-21(24)35-28(40)18-8-9-18/h7,10-11,14-18H,1,8-9,12-13H2,3-6H3,(H,34,41)(H,33,36,37). The molecule has 0 spiro atoms. The van der Waals surface area contributed by atoms with Gasteiger partial charge in [0.2, 0.25) is 11.9 Å².